The van der Waals surface area contributed by atoms with Crippen molar-refractivity contribution in [3.63, 3.8) is 0 Å². The lowest BCUT2D eigenvalue weighted by molar-refractivity contribution is -0.135. The highest BCUT2D eigenvalue weighted by Crippen LogP contribution is 2.30. The molecule has 70 valence electrons. The monoisotopic (exact) mass is 188 g/mol. The lowest BCUT2D eigenvalue weighted by Crippen LogP contribution is -2.15. The average Bonchev–Trinajstić information content (AvgIpc) is 2.61. The third-order valence-corrected chi connectivity index (χ3v) is 2.46. The first kappa shape index (κ1) is 7.62. The van der Waals surface area contributed by atoms with Gasteiger partial charge in [0.25, 0.3) is 0 Å². The first-order chi connectivity index (χ1) is 6.83. The number of benzene rings is 1. The molecule has 1 aromatic carbocycles. The van der Waals surface area contributed by atoms with Crippen LogP contribution in [0.5, 0.6) is 5.75 Å². The minimum Gasteiger partial charge on any atom is -0.464 e. The maximum absolute atomic E-state index is 11.0. The van der Waals surface area contributed by atoms with Crippen molar-refractivity contribution in [2.75, 3.05) is 0 Å². The summed E-state index contributed by atoms with van der Waals surface area (Å²) >= 11 is 0. The molecular formula is C11H8O3. The summed E-state index contributed by atoms with van der Waals surface area (Å²) in [5.41, 5.74) is 1.84. The summed E-state index contributed by atoms with van der Waals surface area (Å²) in [4.78, 5) is 11.0. The van der Waals surface area contributed by atoms with Crippen molar-refractivity contribution >= 4 is 16.9 Å². The Morgan fingerprint density at radius 1 is 1.21 bits per heavy atom. The molecule has 0 fully saturated rings. The first-order valence-electron chi connectivity index (χ1n) is 4.54. The number of carbonyl (C=O) groups is 1. The molecule has 14 heavy (non-hydrogen) atoms. The Morgan fingerprint density at radius 3 is 3.07 bits per heavy atom. The zero-order valence-corrected chi connectivity index (χ0v) is 7.45. The normalized spacial score (nSPS) is 15.3. The lowest BCUT2D eigenvalue weighted by Gasteiger charge is -2.14. The zero-order chi connectivity index (χ0) is 9.54. The summed E-state index contributed by atoms with van der Waals surface area (Å²) in [6.45, 7) is 0. The highest BCUT2D eigenvalue weighted by atomic mass is 16.5. The Morgan fingerprint density at radius 2 is 2.14 bits per heavy atom. The van der Waals surface area contributed by atoms with E-state index in [1.807, 2.05) is 12.1 Å². The van der Waals surface area contributed by atoms with Crippen molar-refractivity contribution < 1.29 is 13.9 Å². The highest BCUT2D eigenvalue weighted by Gasteiger charge is 2.18. The number of hydrogen-bond donors (Lipinski definition) is 0. The second-order valence-corrected chi connectivity index (χ2v) is 3.39. The summed E-state index contributed by atoms with van der Waals surface area (Å²) in [6, 6.07) is 5.70. The van der Waals surface area contributed by atoms with Crippen LogP contribution in [0.15, 0.2) is 28.9 Å². The smallest absolute Gasteiger partial charge is 0.311 e. The third kappa shape index (κ3) is 1.02. The van der Waals surface area contributed by atoms with Gasteiger partial charge in [0.05, 0.1) is 12.7 Å². The van der Waals surface area contributed by atoms with Crippen LogP contribution >= 0.6 is 0 Å². The van der Waals surface area contributed by atoms with Crippen molar-refractivity contribution in [3.05, 3.63) is 30.0 Å². The maximum Gasteiger partial charge on any atom is 0.311 e. The molecule has 0 N–H and O–H groups in total. The topological polar surface area (TPSA) is 39.4 Å². The molecule has 0 spiro atoms. The van der Waals surface area contributed by atoms with Crippen LogP contribution in [0.25, 0.3) is 11.0 Å². The minimum atomic E-state index is -0.164. The molecule has 0 aliphatic carbocycles. The molecule has 1 aromatic heterocycles. The number of esters is 1. The molecule has 0 saturated heterocycles. The third-order valence-electron chi connectivity index (χ3n) is 2.46. The number of furan rings is 1. The molecule has 3 rings (SSSR count). The predicted molar refractivity (Wildman–Crippen MR) is 50.2 cm³/mol. The van der Waals surface area contributed by atoms with Gasteiger partial charge in [0.1, 0.15) is 11.3 Å². The Hall–Kier alpha value is -1.77. The van der Waals surface area contributed by atoms with E-state index in [0.29, 0.717) is 12.2 Å². The molecule has 2 heterocycles. The molecule has 0 unspecified atom stereocenters. The Kier molecular flexibility index (Phi) is 1.42. The molecule has 0 amide bonds. The van der Waals surface area contributed by atoms with Crippen molar-refractivity contribution in [3.8, 4) is 5.75 Å². The van der Waals surface area contributed by atoms with Gasteiger partial charge in [-0.3, -0.25) is 4.79 Å². The summed E-state index contributed by atoms with van der Waals surface area (Å²) in [6.07, 6.45) is 2.86. The summed E-state index contributed by atoms with van der Waals surface area (Å²) in [5, 5.41) is 1.06. The molecular weight excluding hydrogens is 180 g/mol. The maximum atomic E-state index is 11.0. The van der Waals surface area contributed by atoms with Gasteiger partial charge in [-0.05, 0) is 24.1 Å². The van der Waals surface area contributed by atoms with Gasteiger partial charge in [-0.15, -0.1) is 0 Å². The van der Waals surface area contributed by atoms with E-state index in [4.69, 9.17) is 9.15 Å². The molecule has 3 heteroatoms. The van der Waals surface area contributed by atoms with Gasteiger partial charge < -0.3 is 9.15 Å². The SMILES string of the molecule is O=C1CCc2cc3ccoc3cc2O1. The van der Waals surface area contributed by atoms with Gasteiger partial charge in [-0.1, -0.05) is 0 Å². The molecule has 0 bridgehead atoms. The summed E-state index contributed by atoms with van der Waals surface area (Å²) in [7, 11) is 0. The van der Waals surface area contributed by atoms with Crippen LogP contribution in [-0.4, -0.2) is 5.97 Å². The van der Waals surface area contributed by atoms with E-state index >= 15 is 0 Å². The first-order valence-corrected chi connectivity index (χ1v) is 4.54. The number of aryl methyl sites for hydroxylation is 1. The van der Waals surface area contributed by atoms with Crippen LogP contribution in [0.3, 0.4) is 0 Å². The average molecular weight is 188 g/mol. The van der Waals surface area contributed by atoms with Crippen LogP contribution in [0.2, 0.25) is 0 Å². The van der Waals surface area contributed by atoms with Gasteiger partial charge >= 0.3 is 5.97 Å². The van der Waals surface area contributed by atoms with Crippen LogP contribution < -0.4 is 4.74 Å². The number of ether oxygens (including phenoxy) is 1. The van der Waals surface area contributed by atoms with Crippen LogP contribution in [0, 0.1) is 0 Å². The number of rotatable bonds is 0. The second kappa shape index (κ2) is 2.61. The standard InChI is InChI=1S/C11H8O3/c12-11-2-1-7-5-8-3-4-13-9(8)6-10(7)14-11/h3-6H,1-2H2. The number of hydrogen-bond acceptors (Lipinski definition) is 3. The van der Waals surface area contributed by atoms with E-state index in [9.17, 15) is 4.79 Å². The molecule has 2 aromatic rings. The molecule has 3 nitrogen and oxygen atoms in total. The van der Waals surface area contributed by atoms with Gasteiger partial charge in [0.15, 0.2) is 0 Å². The molecule has 1 aliphatic heterocycles. The number of fused-ring (bicyclic) bond motifs is 2. The van der Waals surface area contributed by atoms with E-state index in [2.05, 4.69) is 0 Å². The quantitative estimate of drug-likeness (QED) is 0.470. The van der Waals surface area contributed by atoms with Gasteiger partial charge in [-0.2, -0.15) is 0 Å². The Labute approximate surface area is 80.3 Å². The van der Waals surface area contributed by atoms with Crippen molar-refractivity contribution in [2.45, 2.75) is 12.8 Å². The van der Waals surface area contributed by atoms with Crippen LogP contribution in [0.4, 0.5) is 0 Å². The highest BCUT2D eigenvalue weighted by molar-refractivity contribution is 5.83. The zero-order valence-electron chi connectivity index (χ0n) is 7.45. The molecule has 1 aliphatic rings. The van der Waals surface area contributed by atoms with E-state index in [1.165, 1.54) is 0 Å². The lowest BCUT2D eigenvalue weighted by atomic mass is 10.0. The summed E-state index contributed by atoms with van der Waals surface area (Å²) in [5.74, 6) is 0.479. The fraction of sp³-hybridized carbons (Fsp3) is 0.182. The fourth-order valence-electron chi connectivity index (χ4n) is 1.74. The van der Waals surface area contributed by atoms with E-state index in [-0.39, 0.29) is 5.97 Å². The van der Waals surface area contributed by atoms with Crippen molar-refractivity contribution in [1.82, 2.24) is 0 Å². The van der Waals surface area contributed by atoms with Crippen molar-refractivity contribution in [2.24, 2.45) is 0 Å². The minimum absolute atomic E-state index is 0.164. The second-order valence-electron chi connectivity index (χ2n) is 3.39. The van der Waals surface area contributed by atoms with Crippen LogP contribution in [0.1, 0.15) is 12.0 Å². The largest absolute Gasteiger partial charge is 0.464 e. The van der Waals surface area contributed by atoms with Gasteiger partial charge in [0, 0.05) is 11.5 Å². The number of carbonyl (C=O) groups excluding carboxylic acids is 1. The molecule has 0 atom stereocenters. The fourth-order valence-corrected chi connectivity index (χ4v) is 1.74. The van der Waals surface area contributed by atoms with Gasteiger partial charge in [0.2, 0.25) is 0 Å². The predicted octanol–water partition coefficient (Wildman–Crippen LogP) is 2.28. The van der Waals surface area contributed by atoms with Crippen molar-refractivity contribution in [1.29, 1.82) is 0 Å². The molecule has 0 radical (unpaired) electrons. The van der Waals surface area contributed by atoms with E-state index < -0.39 is 0 Å². The summed E-state index contributed by atoms with van der Waals surface area (Å²) < 4.78 is 10.3. The Balaban J connectivity index is 2.24. The Bertz CT molecular complexity index is 510. The van der Waals surface area contributed by atoms with E-state index in [1.54, 1.807) is 12.3 Å². The molecule has 0 saturated carbocycles. The van der Waals surface area contributed by atoms with Gasteiger partial charge in [-0.25, -0.2) is 0 Å². The van der Waals surface area contributed by atoms with E-state index in [0.717, 1.165) is 23.0 Å². The van der Waals surface area contributed by atoms with Crippen LogP contribution in [-0.2, 0) is 11.2 Å².